The third-order valence-corrected chi connectivity index (χ3v) is 4.05. The first kappa shape index (κ1) is 19.1. The summed E-state index contributed by atoms with van der Waals surface area (Å²) in [5.74, 6) is 0.257. The van der Waals surface area contributed by atoms with Crippen molar-refractivity contribution in [3.05, 3.63) is 47.4 Å². The van der Waals surface area contributed by atoms with E-state index in [1.165, 1.54) is 26.1 Å². The Morgan fingerprint density at radius 1 is 1.22 bits per heavy atom. The molecule has 0 aliphatic heterocycles. The number of pyridine rings is 1. The van der Waals surface area contributed by atoms with Gasteiger partial charge in [-0.1, -0.05) is 6.08 Å². The van der Waals surface area contributed by atoms with Gasteiger partial charge in [0.25, 0.3) is 0 Å². The van der Waals surface area contributed by atoms with Gasteiger partial charge in [0.1, 0.15) is 5.67 Å². The zero-order chi connectivity index (χ0) is 19.4. The summed E-state index contributed by atoms with van der Waals surface area (Å²) in [6, 6.07) is 3.09. The minimum Gasteiger partial charge on any atom is -0.417 e. The quantitative estimate of drug-likeness (QED) is 0.807. The number of ether oxygens (including phenoxy) is 1. The second kappa shape index (κ2) is 7.94. The average molecular weight is 378 g/mol. The summed E-state index contributed by atoms with van der Waals surface area (Å²) in [4.78, 5) is 12.8. The van der Waals surface area contributed by atoms with Crippen molar-refractivity contribution in [2.45, 2.75) is 45.4 Å². The number of halogens is 3. The Kier molecular flexibility index (Phi) is 5.62. The van der Waals surface area contributed by atoms with E-state index in [0.29, 0.717) is 5.95 Å². The van der Waals surface area contributed by atoms with Crippen molar-refractivity contribution in [2.75, 3.05) is 11.9 Å². The average Bonchev–Trinajstić information content (AvgIpc) is 2.81. The van der Waals surface area contributed by atoms with Gasteiger partial charge in [0.15, 0.2) is 0 Å². The lowest BCUT2D eigenvalue weighted by Gasteiger charge is -2.16. The van der Waals surface area contributed by atoms with Crippen LogP contribution in [-0.2, 0) is 6.42 Å². The summed E-state index contributed by atoms with van der Waals surface area (Å²) < 4.78 is 42.5. The molecule has 1 N–H and O–H groups in total. The minimum absolute atomic E-state index is 0.115. The standard InChI is InChI=1S/C19H21F3N4O/c1-19(2,22)11-25-18-24-10-14-13(5-3-4-6-15(14)26-18)12-7-8-16(23-9-12)27-17(20)21/h5,7-10,17H,3-4,6,11H2,1-2H3,(H,24,25,26). The second-order valence-corrected chi connectivity index (χ2v) is 6.90. The topological polar surface area (TPSA) is 59.9 Å². The maximum absolute atomic E-state index is 13.7. The number of aryl methyl sites for hydroxylation is 1. The van der Waals surface area contributed by atoms with Crippen molar-refractivity contribution >= 4 is 11.5 Å². The third kappa shape index (κ3) is 5.18. The molecular formula is C19H21F3N4O. The molecule has 0 amide bonds. The van der Waals surface area contributed by atoms with Crippen LogP contribution in [-0.4, -0.2) is 33.8 Å². The van der Waals surface area contributed by atoms with Crippen LogP contribution in [0.3, 0.4) is 0 Å². The largest absolute Gasteiger partial charge is 0.417 e. The van der Waals surface area contributed by atoms with E-state index in [2.05, 4.69) is 31.1 Å². The van der Waals surface area contributed by atoms with Crippen LogP contribution in [0.2, 0.25) is 0 Å². The van der Waals surface area contributed by atoms with Gasteiger partial charge < -0.3 is 10.1 Å². The predicted octanol–water partition coefficient (Wildman–Crippen LogP) is 4.40. The Hall–Kier alpha value is -2.64. The molecule has 27 heavy (non-hydrogen) atoms. The molecule has 0 spiro atoms. The van der Waals surface area contributed by atoms with Crippen LogP contribution >= 0.6 is 0 Å². The van der Waals surface area contributed by atoms with Gasteiger partial charge in [0, 0.05) is 29.6 Å². The number of nitrogens with zero attached hydrogens (tertiary/aromatic N) is 3. The number of fused-ring (bicyclic) bond motifs is 1. The molecule has 3 rings (SSSR count). The Labute approximate surface area is 155 Å². The SMILES string of the molecule is CC(C)(F)CNc1ncc2c(n1)CCCC=C2c1ccc(OC(F)F)nc1. The first-order chi connectivity index (χ1) is 12.8. The molecule has 2 aromatic rings. The normalized spacial score (nSPS) is 14.4. The lowest BCUT2D eigenvalue weighted by atomic mass is 9.99. The summed E-state index contributed by atoms with van der Waals surface area (Å²) in [5, 5.41) is 2.92. The Bertz CT molecular complexity index is 817. The molecule has 0 atom stereocenters. The van der Waals surface area contributed by atoms with Gasteiger partial charge in [-0.2, -0.15) is 8.78 Å². The van der Waals surface area contributed by atoms with Crippen LogP contribution in [0.25, 0.3) is 5.57 Å². The van der Waals surface area contributed by atoms with Crippen LogP contribution in [0, 0.1) is 0 Å². The summed E-state index contributed by atoms with van der Waals surface area (Å²) >= 11 is 0. The molecule has 0 unspecified atom stereocenters. The minimum atomic E-state index is -2.91. The number of hydrogen-bond donors (Lipinski definition) is 1. The van der Waals surface area contributed by atoms with Gasteiger partial charge in [-0.25, -0.2) is 19.3 Å². The summed E-state index contributed by atoms with van der Waals surface area (Å²) in [6.45, 7) is 0.177. The van der Waals surface area contributed by atoms with Crippen LogP contribution in [0.4, 0.5) is 19.1 Å². The van der Waals surface area contributed by atoms with Crippen LogP contribution in [0.15, 0.2) is 30.6 Å². The van der Waals surface area contributed by atoms with Crippen LogP contribution in [0.5, 0.6) is 5.88 Å². The number of rotatable bonds is 6. The van der Waals surface area contributed by atoms with Crippen molar-refractivity contribution < 1.29 is 17.9 Å². The van der Waals surface area contributed by atoms with E-state index in [1.807, 2.05) is 0 Å². The van der Waals surface area contributed by atoms with Gasteiger partial charge in [-0.3, -0.25) is 0 Å². The molecule has 0 aromatic carbocycles. The fraction of sp³-hybridized carbons (Fsp3) is 0.421. The molecule has 0 bridgehead atoms. The number of aromatic nitrogens is 3. The number of nitrogens with one attached hydrogen (secondary N) is 1. The maximum Gasteiger partial charge on any atom is 0.388 e. The van der Waals surface area contributed by atoms with Crippen molar-refractivity contribution in [1.29, 1.82) is 0 Å². The fourth-order valence-electron chi connectivity index (χ4n) is 2.81. The van der Waals surface area contributed by atoms with Crippen molar-refractivity contribution in [3.63, 3.8) is 0 Å². The molecule has 5 nitrogen and oxygen atoms in total. The zero-order valence-electron chi connectivity index (χ0n) is 15.2. The van der Waals surface area contributed by atoms with Crippen molar-refractivity contribution in [3.8, 4) is 5.88 Å². The highest BCUT2D eigenvalue weighted by Gasteiger charge is 2.19. The summed E-state index contributed by atoms with van der Waals surface area (Å²) in [6.07, 6.45) is 7.80. The number of anilines is 1. The molecule has 2 heterocycles. The molecule has 144 valence electrons. The van der Waals surface area contributed by atoms with Gasteiger partial charge in [0.05, 0.1) is 12.2 Å². The van der Waals surface area contributed by atoms with Crippen molar-refractivity contribution in [1.82, 2.24) is 15.0 Å². The Morgan fingerprint density at radius 2 is 2.04 bits per heavy atom. The summed E-state index contributed by atoms with van der Waals surface area (Å²) in [5.41, 5.74) is 2.03. The lowest BCUT2D eigenvalue weighted by molar-refractivity contribution is -0.0528. The highest BCUT2D eigenvalue weighted by molar-refractivity contribution is 5.80. The maximum atomic E-state index is 13.7. The van der Waals surface area contributed by atoms with E-state index in [-0.39, 0.29) is 12.4 Å². The van der Waals surface area contributed by atoms with Gasteiger partial charge >= 0.3 is 6.61 Å². The molecule has 0 saturated carbocycles. The second-order valence-electron chi connectivity index (χ2n) is 6.90. The number of alkyl halides is 3. The van der Waals surface area contributed by atoms with E-state index in [1.54, 1.807) is 12.3 Å². The van der Waals surface area contributed by atoms with E-state index < -0.39 is 12.3 Å². The van der Waals surface area contributed by atoms with Crippen LogP contribution in [0.1, 0.15) is 43.5 Å². The monoisotopic (exact) mass is 378 g/mol. The van der Waals surface area contributed by atoms with Crippen LogP contribution < -0.4 is 10.1 Å². The van der Waals surface area contributed by atoms with E-state index in [9.17, 15) is 13.2 Å². The lowest BCUT2D eigenvalue weighted by Crippen LogP contribution is -2.25. The van der Waals surface area contributed by atoms with Gasteiger partial charge in [0.2, 0.25) is 11.8 Å². The number of hydrogen-bond acceptors (Lipinski definition) is 5. The molecule has 0 saturated heterocycles. The molecule has 0 fully saturated rings. The smallest absolute Gasteiger partial charge is 0.388 e. The molecule has 2 aromatic heterocycles. The van der Waals surface area contributed by atoms with Gasteiger partial charge in [-0.05, 0) is 44.7 Å². The first-order valence-electron chi connectivity index (χ1n) is 8.72. The Morgan fingerprint density at radius 3 is 2.70 bits per heavy atom. The van der Waals surface area contributed by atoms with E-state index in [4.69, 9.17) is 0 Å². The molecule has 1 aliphatic carbocycles. The highest BCUT2D eigenvalue weighted by atomic mass is 19.3. The predicted molar refractivity (Wildman–Crippen MR) is 96.6 cm³/mol. The van der Waals surface area contributed by atoms with Crippen molar-refractivity contribution in [2.24, 2.45) is 0 Å². The zero-order valence-corrected chi connectivity index (χ0v) is 15.2. The molecule has 1 aliphatic rings. The molecule has 0 radical (unpaired) electrons. The number of allylic oxidation sites excluding steroid dienone is 1. The summed E-state index contributed by atoms with van der Waals surface area (Å²) in [7, 11) is 0. The molecular weight excluding hydrogens is 357 g/mol. The fourth-order valence-corrected chi connectivity index (χ4v) is 2.81. The Balaban J connectivity index is 1.85. The highest BCUT2D eigenvalue weighted by Crippen LogP contribution is 2.30. The van der Waals surface area contributed by atoms with E-state index in [0.717, 1.165) is 41.7 Å². The van der Waals surface area contributed by atoms with E-state index >= 15 is 0 Å². The van der Waals surface area contributed by atoms with Gasteiger partial charge in [-0.15, -0.1) is 0 Å². The molecule has 8 heteroatoms. The first-order valence-corrected chi connectivity index (χ1v) is 8.72. The third-order valence-electron chi connectivity index (χ3n) is 4.05.